The lowest BCUT2D eigenvalue weighted by atomic mass is 9.97. The first-order valence-corrected chi connectivity index (χ1v) is 7.75. The molecule has 1 fully saturated rings. The fraction of sp³-hybridized carbons (Fsp3) is 0.588. The molecule has 0 radical (unpaired) electrons. The fourth-order valence-electron chi connectivity index (χ4n) is 2.82. The van der Waals surface area contributed by atoms with Gasteiger partial charge in [0.05, 0.1) is 5.56 Å². The molecular weight excluding hydrogens is 264 g/mol. The number of amides is 1. The van der Waals surface area contributed by atoms with Crippen molar-refractivity contribution < 1.29 is 9.53 Å². The number of para-hydroxylation sites is 1. The molecule has 21 heavy (non-hydrogen) atoms. The Hall–Kier alpha value is -1.55. The highest BCUT2D eigenvalue weighted by Gasteiger charge is 2.24. The molecule has 1 saturated heterocycles. The zero-order chi connectivity index (χ0) is 15.2. The summed E-state index contributed by atoms with van der Waals surface area (Å²) in [5.74, 6) is 0.720. The summed E-state index contributed by atoms with van der Waals surface area (Å²) >= 11 is 0. The zero-order valence-corrected chi connectivity index (χ0v) is 13.3. The van der Waals surface area contributed by atoms with Crippen LogP contribution in [-0.4, -0.2) is 43.7 Å². The van der Waals surface area contributed by atoms with Crippen LogP contribution in [0.1, 0.15) is 37.0 Å². The Balaban J connectivity index is 2.04. The molecule has 1 aliphatic heterocycles. The van der Waals surface area contributed by atoms with Crippen molar-refractivity contribution in [2.45, 2.75) is 32.7 Å². The molecule has 1 aromatic carbocycles. The Morgan fingerprint density at radius 3 is 2.62 bits per heavy atom. The molecule has 4 nitrogen and oxygen atoms in total. The summed E-state index contributed by atoms with van der Waals surface area (Å²) in [4.78, 5) is 14.7. The number of rotatable bonds is 5. The maximum absolute atomic E-state index is 12.7. The number of piperidine rings is 1. The number of benzene rings is 1. The summed E-state index contributed by atoms with van der Waals surface area (Å²) in [5, 5.41) is 3.35. The predicted octanol–water partition coefficient (Wildman–Crippen LogP) is 3.01. The van der Waals surface area contributed by atoms with Gasteiger partial charge in [-0.1, -0.05) is 12.1 Å². The Morgan fingerprint density at radius 1 is 1.33 bits per heavy atom. The maximum atomic E-state index is 12.7. The number of anilines is 1. The first kappa shape index (κ1) is 15.8. The summed E-state index contributed by atoms with van der Waals surface area (Å²) in [6.45, 7) is 6.61. The van der Waals surface area contributed by atoms with E-state index in [9.17, 15) is 4.79 Å². The Morgan fingerprint density at radius 2 is 2.00 bits per heavy atom. The molecule has 1 aliphatic rings. The summed E-state index contributed by atoms with van der Waals surface area (Å²) in [6, 6.07) is 8.09. The van der Waals surface area contributed by atoms with Crippen LogP contribution in [0, 0.1) is 5.92 Å². The molecule has 0 saturated carbocycles. The molecule has 0 aromatic heterocycles. The van der Waals surface area contributed by atoms with E-state index in [1.54, 1.807) is 7.11 Å². The minimum Gasteiger partial charge on any atom is -0.384 e. The molecule has 116 valence electrons. The van der Waals surface area contributed by atoms with Gasteiger partial charge < -0.3 is 15.0 Å². The van der Waals surface area contributed by atoms with Crippen molar-refractivity contribution >= 4 is 11.6 Å². The van der Waals surface area contributed by atoms with E-state index >= 15 is 0 Å². The van der Waals surface area contributed by atoms with E-state index in [1.165, 1.54) is 0 Å². The Kier molecular flexibility index (Phi) is 5.62. The first-order chi connectivity index (χ1) is 10.1. The number of carbonyl (C=O) groups excluding carboxylic acids is 1. The molecule has 0 aliphatic carbocycles. The second-order valence-corrected chi connectivity index (χ2v) is 6.04. The third-order valence-electron chi connectivity index (χ3n) is 3.91. The number of nitrogens with one attached hydrogen (secondary N) is 1. The smallest absolute Gasteiger partial charge is 0.255 e. The summed E-state index contributed by atoms with van der Waals surface area (Å²) in [7, 11) is 1.74. The quantitative estimate of drug-likeness (QED) is 0.906. The van der Waals surface area contributed by atoms with E-state index in [2.05, 4.69) is 19.2 Å². The van der Waals surface area contributed by atoms with Gasteiger partial charge in [0.2, 0.25) is 0 Å². The highest BCUT2D eigenvalue weighted by Crippen LogP contribution is 2.23. The van der Waals surface area contributed by atoms with E-state index in [0.29, 0.717) is 12.0 Å². The molecule has 1 aromatic rings. The van der Waals surface area contributed by atoms with Gasteiger partial charge in [-0.2, -0.15) is 0 Å². The molecule has 0 bridgehead atoms. The second kappa shape index (κ2) is 7.46. The van der Waals surface area contributed by atoms with Crippen molar-refractivity contribution in [3.8, 4) is 0 Å². The van der Waals surface area contributed by atoms with Crippen molar-refractivity contribution in [1.29, 1.82) is 0 Å². The lowest BCUT2D eigenvalue weighted by Crippen LogP contribution is -2.39. The van der Waals surface area contributed by atoms with E-state index < -0.39 is 0 Å². The summed E-state index contributed by atoms with van der Waals surface area (Å²) in [5.41, 5.74) is 1.70. The highest BCUT2D eigenvalue weighted by molar-refractivity contribution is 5.99. The number of methoxy groups -OCH3 is 1. The van der Waals surface area contributed by atoms with E-state index in [-0.39, 0.29) is 5.91 Å². The van der Waals surface area contributed by atoms with Crippen molar-refractivity contribution in [2.75, 3.05) is 32.1 Å². The summed E-state index contributed by atoms with van der Waals surface area (Å²) < 4.78 is 5.21. The number of hydrogen-bond acceptors (Lipinski definition) is 3. The fourth-order valence-corrected chi connectivity index (χ4v) is 2.82. The van der Waals surface area contributed by atoms with E-state index in [0.717, 1.165) is 43.8 Å². The lowest BCUT2D eigenvalue weighted by Gasteiger charge is -2.32. The molecule has 0 spiro atoms. The van der Waals surface area contributed by atoms with Gasteiger partial charge in [-0.15, -0.1) is 0 Å². The van der Waals surface area contributed by atoms with Crippen LogP contribution in [0.2, 0.25) is 0 Å². The molecule has 0 atom stereocenters. The van der Waals surface area contributed by atoms with Gasteiger partial charge in [0.15, 0.2) is 0 Å². The second-order valence-electron chi connectivity index (χ2n) is 6.04. The van der Waals surface area contributed by atoms with Crippen LogP contribution in [0.25, 0.3) is 0 Å². The maximum Gasteiger partial charge on any atom is 0.255 e. The Bertz CT molecular complexity index is 466. The third-order valence-corrected chi connectivity index (χ3v) is 3.91. The van der Waals surface area contributed by atoms with Crippen LogP contribution >= 0.6 is 0 Å². The molecule has 4 heteroatoms. The largest absolute Gasteiger partial charge is 0.384 e. The SMILES string of the molecule is COCC1CCN(C(=O)c2ccccc2NC(C)C)CC1. The number of nitrogens with zero attached hydrogens (tertiary/aromatic N) is 1. The highest BCUT2D eigenvalue weighted by atomic mass is 16.5. The van der Waals surface area contributed by atoms with Crippen LogP contribution in [0.3, 0.4) is 0 Å². The van der Waals surface area contributed by atoms with Crippen molar-refractivity contribution in [3.63, 3.8) is 0 Å². The van der Waals surface area contributed by atoms with Crippen LogP contribution in [0.5, 0.6) is 0 Å². The standard InChI is InChI=1S/C17H26N2O2/c1-13(2)18-16-7-5-4-6-15(16)17(20)19-10-8-14(9-11-19)12-21-3/h4-7,13-14,18H,8-12H2,1-3H3. The topological polar surface area (TPSA) is 41.6 Å². The van der Waals surface area contributed by atoms with E-state index in [1.807, 2.05) is 29.2 Å². The van der Waals surface area contributed by atoms with Crippen LogP contribution in [0.15, 0.2) is 24.3 Å². The molecule has 1 heterocycles. The van der Waals surface area contributed by atoms with Crippen LogP contribution < -0.4 is 5.32 Å². The molecule has 0 unspecified atom stereocenters. The molecule has 1 amide bonds. The minimum absolute atomic E-state index is 0.134. The van der Waals surface area contributed by atoms with Gasteiger partial charge in [0.25, 0.3) is 5.91 Å². The molecule has 1 N–H and O–H groups in total. The zero-order valence-electron chi connectivity index (χ0n) is 13.3. The van der Waals surface area contributed by atoms with Crippen molar-refractivity contribution in [3.05, 3.63) is 29.8 Å². The van der Waals surface area contributed by atoms with Crippen LogP contribution in [-0.2, 0) is 4.74 Å². The normalized spacial score (nSPS) is 16.3. The average Bonchev–Trinajstić information content (AvgIpc) is 2.48. The van der Waals surface area contributed by atoms with Crippen molar-refractivity contribution in [2.24, 2.45) is 5.92 Å². The lowest BCUT2D eigenvalue weighted by molar-refractivity contribution is 0.0614. The third kappa shape index (κ3) is 4.21. The van der Waals surface area contributed by atoms with E-state index in [4.69, 9.17) is 4.74 Å². The number of carbonyl (C=O) groups is 1. The summed E-state index contributed by atoms with van der Waals surface area (Å²) in [6.07, 6.45) is 2.05. The van der Waals surface area contributed by atoms with Crippen molar-refractivity contribution in [1.82, 2.24) is 4.90 Å². The molecule has 2 rings (SSSR count). The van der Waals surface area contributed by atoms with Gasteiger partial charge >= 0.3 is 0 Å². The van der Waals surface area contributed by atoms with Gasteiger partial charge in [-0.05, 0) is 44.7 Å². The molecular formula is C17H26N2O2. The average molecular weight is 290 g/mol. The predicted molar refractivity (Wildman–Crippen MR) is 85.7 cm³/mol. The Labute approximate surface area is 127 Å². The number of hydrogen-bond donors (Lipinski definition) is 1. The van der Waals surface area contributed by atoms with Gasteiger partial charge in [-0.3, -0.25) is 4.79 Å². The van der Waals surface area contributed by atoms with Gasteiger partial charge in [0, 0.05) is 38.5 Å². The number of likely N-dealkylation sites (tertiary alicyclic amines) is 1. The minimum atomic E-state index is 0.134. The van der Waals surface area contributed by atoms with Gasteiger partial charge in [-0.25, -0.2) is 0 Å². The van der Waals surface area contributed by atoms with Crippen LogP contribution in [0.4, 0.5) is 5.69 Å². The van der Waals surface area contributed by atoms with Gasteiger partial charge in [0.1, 0.15) is 0 Å². The number of ether oxygens (including phenoxy) is 1. The first-order valence-electron chi connectivity index (χ1n) is 7.75. The monoisotopic (exact) mass is 290 g/mol.